The number of aromatic amines is 2. The van der Waals surface area contributed by atoms with Crippen LogP contribution in [0.5, 0.6) is 0 Å². The van der Waals surface area contributed by atoms with Crippen LogP contribution in [0.15, 0.2) is 0 Å². The molecule has 0 unspecified atom stereocenters. The van der Waals surface area contributed by atoms with Crippen molar-refractivity contribution in [3.63, 3.8) is 0 Å². The largest absolute Gasteiger partial charge is 0.368 e. The molecule has 2 aliphatic heterocycles. The van der Waals surface area contributed by atoms with Gasteiger partial charge in [-0.05, 0) is 111 Å². The number of hydrogen-bond donors (Lipinski definition) is 2. The first-order valence-electron chi connectivity index (χ1n) is 29.4. The van der Waals surface area contributed by atoms with E-state index in [0.29, 0.717) is 190 Å². The van der Waals surface area contributed by atoms with Gasteiger partial charge in [-0.3, -0.25) is 0 Å². The molecule has 0 amide bonds. The number of hydrogen-bond acceptors (Lipinski definition) is 22. The summed E-state index contributed by atoms with van der Waals surface area (Å²) in [7, 11) is 0. The monoisotopic (exact) mass is 1090 g/mol. The summed E-state index contributed by atoms with van der Waals surface area (Å²) in [6.07, 6.45) is 0. The topological polar surface area (TPSA) is 238 Å². The van der Waals surface area contributed by atoms with Gasteiger partial charge < -0.3 is 49.2 Å². The Kier molecular flexibility index (Phi) is 17.2. The number of rotatable bonds is 24. The van der Waals surface area contributed by atoms with Crippen LogP contribution in [0.1, 0.15) is 111 Å². The summed E-state index contributed by atoms with van der Waals surface area (Å²) in [5, 5.41) is 10.8. The predicted octanol–water partition coefficient (Wildman–Crippen LogP) is 8.80. The van der Waals surface area contributed by atoms with Crippen molar-refractivity contribution in [2.75, 3.05) is 144 Å². The van der Waals surface area contributed by atoms with Gasteiger partial charge >= 0.3 is 0 Å². The predicted molar refractivity (Wildman–Crippen MR) is 327 cm³/mol. The lowest BCUT2D eigenvalue weighted by Crippen LogP contribution is -2.30. The second kappa shape index (κ2) is 24.2. The lowest BCUT2D eigenvalue weighted by Gasteiger charge is -2.29. The van der Waals surface area contributed by atoms with E-state index in [9.17, 15) is 0 Å². The van der Waals surface area contributed by atoms with E-state index in [1.165, 1.54) is 0 Å². The summed E-state index contributed by atoms with van der Waals surface area (Å²) in [6.45, 7) is 45.5. The van der Waals surface area contributed by atoms with E-state index >= 15 is 0 Å². The van der Waals surface area contributed by atoms with Crippen LogP contribution in [0.4, 0.5) is 46.4 Å². The smallest absolute Gasteiger partial charge is 0.184 e. The molecule has 0 atom stereocenters. The van der Waals surface area contributed by atoms with E-state index in [4.69, 9.17) is 70.0 Å². The van der Waals surface area contributed by atoms with Gasteiger partial charge in [-0.2, -0.15) is 0 Å². The number of nitrogens with one attached hydrogen (secondary N) is 2. The second-order valence-corrected chi connectivity index (χ2v) is 19.3. The van der Waals surface area contributed by atoms with Crippen molar-refractivity contribution in [2.24, 2.45) is 0 Å². The molecule has 0 spiro atoms. The standard InChI is InChI=1S/C56H82N24/c1-17-73(18-2)41-33-34(71-72-50(41)74(19-3)20-4)43-63-42(33)64-44-35-36(58-52(76(23-7)24-8)51(57-35)75(21-5)22-6)46(66-44)68-48-39-40(62-56(80(31-15)32-16)55(61-39)79(29-13)30-14)49(70-48)69-47-38-37(45(65-43)67-47)59-53(77(25-9)26-10)54(60-38)78(27-11)28-12/h17-32H2,1-16H3,(H2,63,64,65,66,67,68,69,70). The lowest BCUT2D eigenvalue weighted by atomic mass is 10.2. The quantitative estimate of drug-likeness (QED) is 0.0575. The van der Waals surface area contributed by atoms with Crippen LogP contribution in [-0.2, 0) is 0 Å². The van der Waals surface area contributed by atoms with Crippen LogP contribution in [0.3, 0.4) is 0 Å². The molecular formula is C56H82N24. The fourth-order valence-electron chi connectivity index (χ4n) is 10.9. The third kappa shape index (κ3) is 9.76. The number of anilines is 8. The number of nitrogens with zero attached hydrogens (tertiary/aromatic N) is 22. The molecule has 80 heavy (non-hydrogen) atoms. The van der Waals surface area contributed by atoms with Crippen molar-refractivity contribution in [1.82, 2.24) is 80.0 Å². The molecule has 0 aliphatic carbocycles. The molecule has 9 rings (SSSR count). The maximum Gasteiger partial charge on any atom is 0.184 e. The molecule has 24 heteroatoms. The van der Waals surface area contributed by atoms with E-state index in [1.54, 1.807) is 0 Å². The van der Waals surface area contributed by atoms with Gasteiger partial charge in [-0.15, -0.1) is 10.2 Å². The fraction of sp³-hybridized carbons (Fsp3) is 0.571. The van der Waals surface area contributed by atoms with Crippen LogP contribution in [0.25, 0.3) is 90.6 Å². The van der Waals surface area contributed by atoms with E-state index in [2.05, 4.69) is 160 Å². The number of fused-ring (bicyclic) bond motifs is 20. The summed E-state index contributed by atoms with van der Waals surface area (Å²) in [5.41, 5.74) is 5.90. The van der Waals surface area contributed by atoms with Crippen molar-refractivity contribution in [3.8, 4) is 46.1 Å². The van der Waals surface area contributed by atoms with Crippen LogP contribution in [0.2, 0.25) is 0 Å². The average Bonchev–Trinajstić information content (AvgIpc) is 4.39. The first kappa shape index (κ1) is 56.8. The van der Waals surface area contributed by atoms with Crippen molar-refractivity contribution in [3.05, 3.63) is 0 Å². The van der Waals surface area contributed by atoms with Gasteiger partial charge in [0.2, 0.25) is 0 Å². The zero-order chi connectivity index (χ0) is 57.1. The maximum absolute atomic E-state index is 5.54. The SMILES string of the molecule is CCN(CC)c1nc2c(nc1N(CC)CC)-c1nc-2nc2[nH]c(nc3nc(nc4[nH]c(n1)c1nnc(N(CC)CC)c(N(CC)CC)c41)-c1nc(N(CC)CC)c(N(CC)CC)nc1-3)c1nc(N(CC)CC)c(N(CC)CC)nc21. The van der Waals surface area contributed by atoms with Gasteiger partial charge in [-0.1, -0.05) is 0 Å². The van der Waals surface area contributed by atoms with Crippen molar-refractivity contribution in [1.29, 1.82) is 0 Å². The minimum atomic E-state index is 0.295. The Bertz CT molecular complexity index is 3440. The Morgan fingerprint density at radius 1 is 0.237 bits per heavy atom. The number of H-pyrrole nitrogens is 2. The molecule has 426 valence electrons. The molecule has 9 heterocycles. The molecule has 7 aromatic heterocycles. The second-order valence-electron chi connectivity index (χ2n) is 19.3. The lowest BCUT2D eigenvalue weighted by molar-refractivity contribution is 0.802. The Balaban J connectivity index is 1.56. The highest BCUT2D eigenvalue weighted by molar-refractivity contribution is 6.12. The van der Waals surface area contributed by atoms with Gasteiger partial charge in [0.1, 0.15) is 45.0 Å². The minimum absolute atomic E-state index is 0.295. The Morgan fingerprint density at radius 3 is 0.787 bits per heavy atom. The molecule has 0 saturated carbocycles. The van der Waals surface area contributed by atoms with Crippen LogP contribution in [0, 0.1) is 0 Å². The van der Waals surface area contributed by atoms with Gasteiger partial charge in [0.15, 0.2) is 81.0 Å². The van der Waals surface area contributed by atoms with Crippen molar-refractivity contribution in [2.45, 2.75) is 111 Å². The molecular weight excluding hydrogens is 1010 g/mol. The minimum Gasteiger partial charge on any atom is -0.368 e. The third-order valence-electron chi connectivity index (χ3n) is 15.6. The molecule has 8 bridgehead atoms. The summed E-state index contributed by atoms with van der Waals surface area (Å²) >= 11 is 0. The molecule has 7 aromatic rings. The maximum atomic E-state index is 5.54. The number of aromatic nitrogens is 16. The van der Waals surface area contributed by atoms with Crippen molar-refractivity contribution >= 4 is 90.9 Å². The molecule has 0 radical (unpaired) electrons. The average molecular weight is 1090 g/mol. The first-order valence-corrected chi connectivity index (χ1v) is 29.4. The molecule has 0 saturated heterocycles. The fourth-order valence-corrected chi connectivity index (χ4v) is 10.9. The van der Waals surface area contributed by atoms with E-state index in [1.807, 2.05) is 0 Å². The summed E-state index contributed by atoms with van der Waals surface area (Å²) in [5.74, 6) is 6.37. The van der Waals surface area contributed by atoms with E-state index in [-0.39, 0.29) is 0 Å². The van der Waals surface area contributed by atoms with Gasteiger partial charge in [0.25, 0.3) is 0 Å². The molecule has 2 aliphatic rings. The highest BCUT2D eigenvalue weighted by Gasteiger charge is 2.33. The van der Waals surface area contributed by atoms with E-state index in [0.717, 1.165) is 51.8 Å². The molecule has 2 N–H and O–H groups in total. The molecule has 0 fully saturated rings. The van der Waals surface area contributed by atoms with Crippen LogP contribution in [-0.4, -0.2) is 185 Å². The summed E-state index contributed by atoms with van der Waals surface area (Å²) in [4.78, 5) is 90.5. The molecule has 0 aromatic carbocycles. The zero-order valence-electron chi connectivity index (χ0n) is 50.2. The normalized spacial score (nSPS) is 11.8. The highest BCUT2D eigenvalue weighted by atomic mass is 15.3. The van der Waals surface area contributed by atoms with E-state index < -0.39 is 0 Å². The van der Waals surface area contributed by atoms with Crippen LogP contribution < -0.4 is 39.2 Å². The van der Waals surface area contributed by atoms with Crippen molar-refractivity contribution < 1.29 is 0 Å². The Hall–Kier alpha value is -7.92. The van der Waals surface area contributed by atoms with Crippen LogP contribution >= 0.6 is 0 Å². The third-order valence-corrected chi connectivity index (χ3v) is 15.6. The van der Waals surface area contributed by atoms with Gasteiger partial charge in [0.05, 0.1) is 11.1 Å². The first-order chi connectivity index (χ1) is 38.9. The Labute approximate surface area is 470 Å². The summed E-state index contributed by atoms with van der Waals surface area (Å²) < 4.78 is 0. The van der Waals surface area contributed by atoms with Gasteiger partial charge in [0, 0.05) is 105 Å². The zero-order valence-corrected chi connectivity index (χ0v) is 50.2. The highest BCUT2D eigenvalue weighted by Crippen LogP contribution is 2.43. The Morgan fingerprint density at radius 2 is 0.487 bits per heavy atom. The summed E-state index contributed by atoms with van der Waals surface area (Å²) in [6, 6.07) is 0. The molecule has 24 nitrogen and oxygen atoms in total. The van der Waals surface area contributed by atoms with Gasteiger partial charge in [-0.25, -0.2) is 59.8 Å².